The van der Waals surface area contributed by atoms with E-state index in [1.54, 1.807) is 0 Å². The molecule has 1 aromatic carbocycles. The number of imidazole rings is 1. The average molecular weight is 173 g/mol. The molecule has 2 nitrogen and oxygen atoms in total. The average Bonchev–Trinajstić information content (AvgIpc) is 2.45. The number of H-pyrrole nitrogens is 1. The van der Waals surface area contributed by atoms with E-state index >= 15 is 0 Å². The van der Waals surface area contributed by atoms with E-state index in [4.69, 9.17) is 0 Å². The summed E-state index contributed by atoms with van der Waals surface area (Å²) in [5.41, 5.74) is 2.06. The first-order chi connectivity index (χ1) is 6.07. The number of benzene rings is 1. The third-order valence-corrected chi connectivity index (χ3v) is 2.02. The van der Waals surface area contributed by atoms with E-state index in [-0.39, 0.29) is 5.41 Å². The maximum Gasteiger partial charge on any atom is 0.112 e. The molecule has 0 fully saturated rings. The van der Waals surface area contributed by atoms with Crippen molar-refractivity contribution < 1.29 is 0 Å². The number of para-hydroxylation sites is 1. The van der Waals surface area contributed by atoms with Crippen LogP contribution in [0.15, 0.2) is 18.2 Å². The van der Waals surface area contributed by atoms with Crippen LogP contribution >= 0.6 is 0 Å². The Kier molecular flexibility index (Phi) is 1.65. The number of nitrogens with one attached hydrogen (secondary N) is 1. The Labute approximate surface area is 78.0 Å². The van der Waals surface area contributed by atoms with E-state index in [0.717, 1.165) is 16.9 Å². The molecule has 0 spiro atoms. The van der Waals surface area contributed by atoms with Crippen LogP contribution in [0.1, 0.15) is 26.6 Å². The molecule has 2 rings (SSSR count). The molecule has 13 heavy (non-hydrogen) atoms. The van der Waals surface area contributed by atoms with Crippen LogP contribution in [-0.4, -0.2) is 9.97 Å². The predicted molar refractivity (Wildman–Crippen MR) is 53.6 cm³/mol. The molecule has 0 aliphatic rings. The van der Waals surface area contributed by atoms with Crippen LogP contribution in [0, 0.1) is 6.07 Å². The molecule has 1 heterocycles. The summed E-state index contributed by atoms with van der Waals surface area (Å²) in [7, 11) is 0. The van der Waals surface area contributed by atoms with Crippen molar-refractivity contribution in [1.29, 1.82) is 0 Å². The highest BCUT2D eigenvalue weighted by molar-refractivity contribution is 5.74. The zero-order chi connectivity index (χ0) is 9.47. The lowest BCUT2D eigenvalue weighted by molar-refractivity contribution is 0.554. The summed E-state index contributed by atoms with van der Waals surface area (Å²) in [4.78, 5) is 7.77. The minimum Gasteiger partial charge on any atom is -0.342 e. The second kappa shape index (κ2) is 2.59. The first kappa shape index (κ1) is 8.30. The number of rotatable bonds is 0. The third-order valence-electron chi connectivity index (χ3n) is 2.02. The largest absolute Gasteiger partial charge is 0.342 e. The maximum absolute atomic E-state index is 4.47. The lowest BCUT2D eigenvalue weighted by atomic mass is 9.96. The van der Waals surface area contributed by atoms with E-state index in [9.17, 15) is 0 Å². The highest BCUT2D eigenvalue weighted by atomic mass is 14.9. The molecule has 1 N–H and O–H groups in total. The van der Waals surface area contributed by atoms with Crippen molar-refractivity contribution in [2.75, 3.05) is 0 Å². The van der Waals surface area contributed by atoms with Gasteiger partial charge in [0.15, 0.2) is 0 Å². The van der Waals surface area contributed by atoms with Gasteiger partial charge in [0, 0.05) is 11.5 Å². The van der Waals surface area contributed by atoms with Gasteiger partial charge >= 0.3 is 0 Å². The lowest BCUT2D eigenvalue weighted by Gasteiger charge is -2.13. The Hall–Kier alpha value is -1.31. The van der Waals surface area contributed by atoms with Crippen LogP contribution in [0.2, 0.25) is 0 Å². The van der Waals surface area contributed by atoms with Crippen LogP contribution in [0.25, 0.3) is 11.0 Å². The second-order valence-electron chi connectivity index (χ2n) is 4.27. The molecule has 0 aliphatic heterocycles. The van der Waals surface area contributed by atoms with Crippen LogP contribution < -0.4 is 0 Å². The van der Waals surface area contributed by atoms with Crippen LogP contribution in [0.5, 0.6) is 0 Å². The number of nitrogens with zero attached hydrogens (tertiary/aromatic N) is 1. The molecule has 2 heteroatoms. The monoisotopic (exact) mass is 173 g/mol. The number of hydrogen-bond acceptors (Lipinski definition) is 1. The fraction of sp³-hybridized carbons (Fsp3) is 0.364. The Bertz CT molecular complexity index is 388. The van der Waals surface area contributed by atoms with Crippen LogP contribution in [0.3, 0.4) is 0 Å². The number of aromatic amines is 1. The summed E-state index contributed by atoms with van der Waals surface area (Å²) in [5.74, 6) is 1.02. The van der Waals surface area contributed by atoms with Crippen molar-refractivity contribution in [2.45, 2.75) is 26.2 Å². The molecule has 0 bridgehead atoms. The van der Waals surface area contributed by atoms with Crippen LogP contribution in [-0.2, 0) is 5.41 Å². The smallest absolute Gasteiger partial charge is 0.112 e. The predicted octanol–water partition coefficient (Wildman–Crippen LogP) is 2.66. The van der Waals surface area contributed by atoms with Crippen molar-refractivity contribution in [2.24, 2.45) is 0 Å². The molecule has 0 saturated heterocycles. The second-order valence-corrected chi connectivity index (χ2v) is 4.27. The normalized spacial score (nSPS) is 12.2. The molecule has 0 saturated carbocycles. The van der Waals surface area contributed by atoms with Crippen molar-refractivity contribution in [3.05, 3.63) is 30.1 Å². The molecule has 0 aliphatic carbocycles. The number of hydrogen-bond donors (Lipinski definition) is 1. The Morgan fingerprint density at radius 3 is 2.77 bits per heavy atom. The first-order valence-corrected chi connectivity index (χ1v) is 4.44. The molecule has 0 unspecified atom stereocenters. The number of fused-ring (bicyclic) bond motifs is 1. The topological polar surface area (TPSA) is 28.7 Å². The van der Waals surface area contributed by atoms with Gasteiger partial charge < -0.3 is 4.98 Å². The standard InChI is InChI=1S/C11H13N2/c1-11(2,3)10-12-8-6-4-5-7-9(8)13-10/h4-6H,1-3H3,(H,12,13). The summed E-state index contributed by atoms with van der Waals surface area (Å²) in [5, 5.41) is 0. The van der Waals surface area contributed by atoms with Crippen molar-refractivity contribution >= 4 is 11.0 Å². The summed E-state index contributed by atoms with van der Waals surface area (Å²) in [6, 6.07) is 8.97. The zero-order valence-electron chi connectivity index (χ0n) is 8.18. The maximum atomic E-state index is 4.47. The number of aromatic nitrogens is 2. The van der Waals surface area contributed by atoms with Gasteiger partial charge in [-0.05, 0) is 6.07 Å². The zero-order valence-corrected chi connectivity index (χ0v) is 8.18. The molecule has 1 radical (unpaired) electrons. The molecule has 67 valence electrons. The van der Waals surface area contributed by atoms with Gasteiger partial charge in [-0.15, -0.1) is 0 Å². The summed E-state index contributed by atoms with van der Waals surface area (Å²) < 4.78 is 0. The Balaban J connectivity index is 2.63. The van der Waals surface area contributed by atoms with E-state index < -0.39 is 0 Å². The fourth-order valence-corrected chi connectivity index (χ4v) is 1.24. The van der Waals surface area contributed by atoms with Crippen molar-refractivity contribution in [1.82, 2.24) is 9.97 Å². The van der Waals surface area contributed by atoms with Gasteiger partial charge in [-0.3, -0.25) is 0 Å². The highest BCUT2D eigenvalue weighted by Crippen LogP contribution is 2.21. The van der Waals surface area contributed by atoms with Gasteiger partial charge in [0.1, 0.15) is 5.82 Å². The lowest BCUT2D eigenvalue weighted by Crippen LogP contribution is -2.12. The van der Waals surface area contributed by atoms with Crippen molar-refractivity contribution in [3.63, 3.8) is 0 Å². The van der Waals surface area contributed by atoms with Gasteiger partial charge in [0.25, 0.3) is 0 Å². The van der Waals surface area contributed by atoms with Crippen molar-refractivity contribution in [3.8, 4) is 0 Å². The molecule has 0 amide bonds. The quantitative estimate of drug-likeness (QED) is 0.652. The SMILES string of the molecule is CC(C)(C)c1nc2[c]cccc2[nH]1. The van der Waals surface area contributed by atoms with Gasteiger partial charge in [-0.1, -0.05) is 32.9 Å². The molecule has 0 atom stereocenters. The minimum atomic E-state index is 0.0762. The van der Waals surface area contributed by atoms with E-state index in [2.05, 4.69) is 36.8 Å². The third kappa shape index (κ3) is 1.44. The molecular formula is C11H13N2. The minimum absolute atomic E-state index is 0.0762. The van der Waals surface area contributed by atoms with Gasteiger partial charge in [-0.2, -0.15) is 0 Å². The van der Waals surface area contributed by atoms with E-state index in [1.165, 1.54) is 0 Å². The highest BCUT2D eigenvalue weighted by Gasteiger charge is 2.17. The molecule has 1 aromatic heterocycles. The summed E-state index contributed by atoms with van der Waals surface area (Å²) in [6.07, 6.45) is 0. The van der Waals surface area contributed by atoms with Gasteiger partial charge in [0.05, 0.1) is 11.0 Å². The first-order valence-electron chi connectivity index (χ1n) is 4.44. The Morgan fingerprint density at radius 1 is 1.38 bits per heavy atom. The Morgan fingerprint density at radius 2 is 2.15 bits per heavy atom. The fourth-order valence-electron chi connectivity index (χ4n) is 1.24. The molecular weight excluding hydrogens is 160 g/mol. The molecule has 2 aromatic rings. The van der Waals surface area contributed by atoms with E-state index in [0.29, 0.717) is 0 Å². The summed E-state index contributed by atoms with van der Waals surface area (Å²) >= 11 is 0. The van der Waals surface area contributed by atoms with Crippen LogP contribution in [0.4, 0.5) is 0 Å². The summed E-state index contributed by atoms with van der Waals surface area (Å²) in [6.45, 7) is 6.43. The van der Waals surface area contributed by atoms with E-state index in [1.807, 2.05) is 18.2 Å². The van der Waals surface area contributed by atoms with Gasteiger partial charge in [0.2, 0.25) is 0 Å². The van der Waals surface area contributed by atoms with Gasteiger partial charge in [-0.25, -0.2) is 4.98 Å².